The highest BCUT2D eigenvalue weighted by Gasteiger charge is 2.48. The molecule has 1 aromatic carbocycles. The number of hydrogen-bond acceptors (Lipinski definition) is 3. The third kappa shape index (κ3) is 3.72. The van der Waals surface area contributed by atoms with Crippen molar-refractivity contribution in [1.82, 2.24) is 9.80 Å². The van der Waals surface area contributed by atoms with Gasteiger partial charge in [0.05, 0.1) is 5.54 Å². The summed E-state index contributed by atoms with van der Waals surface area (Å²) in [6.07, 6.45) is 0. The number of fused-ring (bicyclic) bond motifs is 1. The number of amides is 1. The van der Waals surface area contributed by atoms with Crippen LogP contribution < -0.4 is 5.73 Å². The van der Waals surface area contributed by atoms with Crippen LogP contribution >= 0.6 is 24.8 Å². The van der Waals surface area contributed by atoms with Crippen LogP contribution in [0.15, 0.2) is 24.3 Å². The summed E-state index contributed by atoms with van der Waals surface area (Å²) in [4.78, 5) is 16.9. The first-order valence-electron chi connectivity index (χ1n) is 8.13. The number of carbonyl (C=O) groups is 1. The summed E-state index contributed by atoms with van der Waals surface area (Å²) in [5.41, 5.74) is 7.97. The molecule has 2 aliphatic rings. The summed E-state index contributed by atoms with van der Waals surface area (Å²) in [5.74, 6) is 1.14. The Kier molecular flexibility index (Phi) is 6.73. The van der Waals surface area contributed by atoms with E-state index in [0.717, 1.165) is 19.6 Å². The second kappa shape index (κ2) is 7.61. The van der Waals surface area contributed by atoms with E-state index in [2.05, 4.69) is 43.1 Å². The van der Waals surface area contributed by atoms with Gasteiger partial charge in [0.1, 0.15) is 0 Å². The minimum absolute atomic E-state index is 0. The van der Waals surface area contributed by atoms with E-state index in [1.54, 1.807) is 13.8 Å². The van der Waals surface area contributed by atoms with Crippen molar-refractivity contribution in [2.45, 2.75) is 32.4 Å². The highest BCUT2D eigenvalue weighted by molar-refractivity contribution is 5.86. The fourth-order valence-electron chi connectivity index (χ4n) is 4.22. The summed E-state index contributed by atoms with van der Waals surface area (Å²) in [7, 11) is 2.20. The molecule has 2 N–H and O–H groups in total. The first-order valence-corrected chi connectivity index (χ1v) is 8.13. The Morgan fingerprint density at radius 3 is 2.38 bits per heavy atom. The molecule has 4 nitrogen and oxygen atoms in total. The maximum absolute atomic E-state index is 12.5. The molecule has 1 amide bonds. The van der Waals surface area contributed by atoms with Crippen molar-refractivity contribution >= 4 is 30.7 Å². The molecule has 2 fully saturated rings. The number of likely N-dealkylation sites (tertiary alicyclic amines) is 2. The quantitative estimate of drug-likeness (QED) is 0.866. The van der Waals surface area contributed by atoms with Gasteiger partial charge in [-0.1, -0.05) is 24.3 Å². The lowest BCUT2D eigenvalue weighted by Crippen LogP contribution is -2.51. The predicted molar refractivity (Wildman–Crippen MR) is 103 cm³/mol. The van der Waals surface area contributed by atoms with Gasteiger partial charge in [-0.25, -0.2) is 0 Å². The zero-order valence-corrected chi connectivity index (χ0v) is 16.5. The van der Waals surface area contributed by atoms with Crippen LogP contribution in [0.5, 0.6) is 0 Å². The highest BCUT2D eigenvalue weighted by Crippen LogP contribution is 2.45. The molecule has 1 aromatic rings. The molecule has 0 unspecified atom stereocenters. The number of nitrogens with zero attached hydrogens (tertiary/aromatic N) is 2. The predicted octanol–water partition coefficient (Wildman–Crippen LogP) is 2.64. The van der Waals surface area contributed by atoms with Crippen molar-refractivity contribution in [3.8, 4) is 0 Å². The fourth-order valence-corrected chi connectivity index (χ4v) is 4.22. The van der Waals surface area contributed by atoms with Crippen LogP contribution in [0.2, 0.25) is 0 Å². The third-order valence-electron chi connectivity index (χ3n) is 5.24. The van der Waals surface area contributed by atoms with Crippen molar-refractivity contribution in [3.63, 3.8) is 0 Å². The van der Waals surface area contributed by atoms with E-state index in [1.165, 1.54) is 11.1 Å². The Balaban J connectivity index is 0.00000144. The molecule has 0 radical (unpaired) electrons. The second-order valence-electron chi connectivity index (χ2n) is 7.60. The molecule has 0 aliphatic carbocycles. The van der Waals surface area contributed by atoms with Gasteiger partial charge in [-0.05, 0) is 44.9 Å². The Hall–Kier alpha value is -0.810. The Morgan fingerprint density at radius 1 is 1.17 bits per heavy atom. The summed E-state index contributed by atoms with van der Waals surface area (Å²) < 4.78 is 0. The minimum atomic E-state index is -0.775. The maximum atomic E-state index is 12.5. The van der Waals surface area contributed by atoms with E-state index in [-0.39, 0.29) is 30.7 Å². The summed E-state index contributed by atoms with van der Waals surface area (Å²) in [5, 5.41) is 0. The molecule has 3 atom stereocenters. The number of rotatable bonds is 2. The van der Waals surface area contributed by atoms with Crippen molar-refractivity contribution in [1.29, 1.82) is 0 Å². The van der Waals surface area contributed by atoms with E-state index in [1.807, 2.05) is 4.90 Å². The van der Waals surface area contributed by atoms with E-state index in [4.69, 9.17) is 5.73 Å². The first kappa shape index (κ1) is 21.2. The smallest absolute Gasteiger partial charge is 0.242 e. The molecule has 0 bridgehead atoms. The standard InChI is InChI=1S/C18H27N3O.2ClH/c1-12-7-5-6-8-14(12)16-15-11-21(17(22)18(2,3)19)10-13(15)9-20(16)4;;/h5-8,13,15-16H,9-11,19H2,1-4H3;2*1H/t13-,15+,16+;;/m0../s1. The van der Waals surface area contributed by atoms with Crippen molar-refractivity contribution in [3.05, 3.63) is 35.4 Å². The van der Waals surface area contributed by atoms with Crippen molar-refractivity contribution in [2.24, 2.45) is 17.6 Å². The van der Waals surface area contributed by atoms with Crippen LogP contribution in [0, 0.1) is 18.8 Å². The van der Waals surface area contributed by atoms with Gasteiger partial charge in [0.2, 0.25) is 5.91 Å². The zero-order chi connectivity index (χ0) is 16.1. The molecular weight excluding hydrogens is 345 g/mol. The van der Waals surface area contributed by atoms with Gasteiger partial charge < -0.3 is 10.6 Å². The Morgan fingerprint density at radius 2 is 1.79 bits per heavy atom. The minimum Gasteiger partial charge on any atom is -0.340 e. The van der Waals surface area contributed by atoms with E-state index in [0.29, 0.717) is 17.9 Å². The normalized spacial score (nSPS) is 26.5. The van der Waals surface area contributed by atoms with Gasteiger partial charge in [-0.15, -0.1) is 24.8 Å². The fraction of sp³-hybridized carbons (Fsp3) is 0.611. The third-order valence-corrected chi connectivity index (χ3v) is 5.24. The largest absolute Gasteiger partial charge is 0.340 e. The maximum Gasteiger partial charge on any atom is 0.242 e. The van der Waals surface area contributed by atoms with Gasteiger partial charge >= 0.3 is 0 Å². The molecule has 0 spiro atoms. The number of halogens is 2. The second-order valence-corrected chi connectivity index (χ2v) is 7.60. The monoisotopic (exact) mass is 373 g/mol. The van der Waals surface area contributed by atoms with Gasteiger partial charge in [-0.3, -0.25) is 9.69 Å². The SMILES string of the molecule is Cc1ccccc1[C@@H]1[C@@H]2CN(C(=O)C(C)(C)N)C[C@@H]2CN1C.Cl.Cl. The molecule has 2 heterocycles. The lowest BCUT2D eigenvalue weighted by molar-refractivity contribution is -0.135. The average Bonchev–Trinajstić information content (AvgIpc) is 2.94. The lowest BCUT2D eigenvalue weighted by Gasteiger charge is -2.30. The average molecular weight is 374 g/mol. The number of aryl methyl sites for hydroxylation is 1. The van der Waals surface area contributed by atoms with Crippen molar-refractivity contribution in [2.75, 3.05) is 26.7 Å². The molecule has 136 valence electrons. The number of nitrogens with two attached hydrogens (primary N) is 1. The first-order chi connectivity index (χ1) is 10.3. The number of hydrogen-bond donors (Lipinski definition) is 1. The van der Waals surface area contributed by atoms with Gasteiger partial charge in [-0.2, -0.15) is 0 Å². The van der Waals surface area contributed by atoms with Gasteiger partial charge in [0.15, 0.2) is 0 Å². The molecule has 2 aliphatic heterocycles. The molecule has 0 aromatic heterocycles. The van der Waals surface area contributed by atoms with Crippen LogP contribution in [-0.2, 0) is 4.79 Å². The molecule has 2 saturated heterocycles. The Labute approximate surface area is 157 Å². The number of benzene rings is 1. The molecule has 24 heavy (non-hydrogen) atoms. The number of carbonyl (C=O) groups excluding carboxylic acids is 1. The van der Waals surface area contributed by atoms with E-state index in [9.17, 15) is 4.79 Å². The van der Waals surface area contributed by atoms with Gasteiger partial charge in [0, 0.05) is 31.6 Å². The summed E-state index contributed by atoms with van der Waals surface area (Å²) in [6.45, 7) is 8.50. The summed E-state index contributed by atoms with van der Waals surface area (Å²) in [6, 6.07) is 9.02. The molecule has 6 heteroatoms. The summed E-state index contributed by atoms with van der Waals surface area (Å²) >= 11 is 0. The van der Waals surface area contributed by atoms with Crippen molar-refractivity contribution < 1.29 is 4.79 Å². The van der Waals surface area contributed by atoms with Crippen LogP contribution in [0.4, 0.5) is 0 Å². The van der Waals surface area contributed by atoms with Gasteiger partial charge in [0.25, 0.3) is 0 Å². The van der Waals surface area contributed by atoms with Crippen LogP contribution in [-0.4, -0.2) is 47.9 Å². The highest BCUT2D eigenvalue weighted by atomic mass is 35.5. The topological polar surface area (TPSA) is 49.6 Å². The molecular formula is C18H29Cl2N3O. The molecule has 0 saturated carbocycles. The van der Waals surface area contributed by atoms with E-state index >= 15 is 0 Å². The molecule has 3 rings (SSSR count). The Bertz CT molecular complexity index is 588. The van der Waals surface area contributed by atoms with E-state index < -0.39 is 5.54 Å². The van der Waals surface area contributed by atoms with Crippen LogP contribution in [0.3, 0.4) is 0 Å². The zero-order valence-electron chi connectivity index (χ0n) is 14.9. The van der Waals surface area contributed by atoms with Crippen LogP contribution in [0.25, 0.3) is 0 Å². The van der Waals surface area contributed by atoms with Crippen LogP contribution in [0.1, 0.15) is 31.0 Å². The lowest BCUT2D eigenvalue weighted by atomic mass is 9.88.